The van der Waals surface area contributed by atoms with E-state index in [1.165, 1.54) is 18.3 Å². The van der Waals surface area contributed by atoms with Gasteiger partial charge in [-0.2, -0.15) is 0 Å². The Balaban J connectivity index is 2.60. The molecule has 0 aliphatic heterocycles. The molecule has 0 atom stereocenters. The van der Waals surface area contributed by atoms with Gasteiger partial charge in [-0.1, -0.05) is 18.2 Å². The van der Waals surface area contributed by atoms with E-state index in [0.29, 0.717) is 0 Å². The van der Waals surface area contributed by atoms with Gasteiger partial charge in [-0.3, -0.25) is 0 Å². The first-order chi connectivity index (χ1) is 7.12. The summed E-state index contributed by atoms with van der Waals surface area (Å²) < 4.78 is 25.1. The SMILES string of the molecule is Nc1cccn1S(=O)(=O)c1ccccc1. The number of nitrogen functional groups attached to an aromatic ring is 1. The van der Waals surface area contributed by atoms with Crippen molar-refractivity contribution in [2.24, 2.45) is 0 Å². The van der Waals surface area contributed by atoms with Crippen LogP contribution < -0.4 is 5.73 Å². The van der Waals surface area contributed by atoms with E-state index in [-0.39, 0.29) is 10.7 Å². The number of anilines is 1. The summed E-state index contributed by atoms with van der Waals surface area (Å²) in [5.41, 5.74) is 5.55. The Labute approximate surface area is 88.0 Å². The second-order valence-electron chi connectivity index (χ2n) is 3.05. The Kier molecular flexibility index (Phi) is 2.24. The number of nitrogens with two attached hydrogens (primary N) is 1. The maximum absolute atomic E-state index is 12.0. The highest BCUT2D eigenvalue weighted by Crippen LogP contribution is 2.16. The van der Waals surface area contributed by atoms with Crippen molar-refractivity contribution in [2.45, 2.75) is 4.90 Å². The Morgan fingerprint density at radius 2 is 1.67 bits per heavy atom. The van der Waals surface area contributed by atoms with Crippen molar-refractivity contribution < 1.29 is 8.42 Å². The van der Waals surface area contributed by atoms with E-state index in [0.717, 1.165) is 3.97 Å². The van der Waals surface area contributed by atoms with Gasteiger partial charge in [-0.25, -0.2) is 12.4 Å². The maximum Gasteiger partial charge on any atom is 0.269 e. The van der Waals surface area contributed by atoms with Crippen LogP contribution in [0.2, 0.25) is 0 Å². The highest BCUT2D eigenvalue weighted by atomic mass is 32.2. The Morgan fingerprint density at radius 1 is 1.00 bits per heavy atom. The van der Waals surface area contributed by atoms with Gasteiger partial charge in [0, 0.05) is 6.20 Å². The normalized spacial score (nSPS) is 11.5. The third-order valence-electron chi connectivity index (χ3n) is 2.04. The fourth-order valence-electron chi connectivity index (χ4n) is 1.30. The van der Waals surface area contributed by atoms with E-state index >= 15 is 0 Å². The quantitative estimate of drug-likeness (QED) is 0.833. The number of aromatic nitrogens is 1. The van der Waals surface area contributed by atoms with Crippen molar-refractivity contribution in [1.82, 2.24) is 3.97 Å². The van der Waals surface area contributed by atoms with Crippen molar-refractivity contribution in [1.29, 1.82) is 0 Å². The number of hydrogen-bond acceptors (Lipinski definition) is 3. The lowest BCUT2D eigenvalue weighted by Crippen LogP contribution is -2.13. The average Bonchev–Trinajstić information content (AvgIpc) is 2.66. The van der Waals surface area contributed by atoms with E-state index in [4.69, 9.17) is 5.73 Å². The maximum atomic E-state index is 12.0. The summed E-state index contributed by atoms with van der Waals surface area (Å²) in [6.45, 7) is 0. The molecule has 0 amide bonds. The molecule has 0 radical (unpaired) electrons. The van der Waals surface area contributed by atoms with Gasteiger partial charge >= 0.3 is 0 Å². The molecule has 1 aromatic carbocycles. The number of nitrogens with zero attached hydrogens (tertiary/aromatic N) is 1. The predicted octanol–water partition coefficient (Wildman–Crippen LogP) is 1.31. The van der Waals surface area contributed by atoms with Crippen molar-refractivity contribution in [2.75, 3.05) is 5.73 Å². The fourth-order valence-corrected chi connectivity index (χ4v) is 2.60. The molecule has 0 saturated carbocycles. The van der Waals surface area contributed by atoms with Crippen LogP contribution in [0.4, 0.5) is 5.82 Å². The van der Waals surface area contributed by atoms with Crippen LogP contribution in [0, 0.1) is 0 Å². The molecule has 0 bridgehead atoms. The van der Waals surface area contributed by atoms with Crippen LogP contribution in [0.1, 0.15) is 0 Å². The Hall–Kier alpha value is -1.75. The zero-order valence-corrected chi connectivity index (χ0v) is 8.68. The largest absolute Gasteiger partial charge is 0.384 e. The molecule has 4 nitrogen and oxygen atoms in total. The standard InChI is InChI=1S/C10H10N2O2S/c11-10-7-4-8-12(10)15(13,14)9-5-2-1-3-6-9/h1-8H,11H2. The summed E-state index contributed by atoms with van der Waals surface area (Å²) in [6.07, 6.45) is 1.43. The smallest absolute Gasteiger partial charge is 0.269 e. The summed E-state index contributed by atoms with van der Waals surface area (Å²) in [4.78, 5) is 0.230. The molecule has 15 heavy (non-hydrogen) atoms. The monoisotopic (exact) mass is 222 g/mol. The van der Waals surface area contributed by atoms with Crippen LogP contribution in [0.5, 0.6) is 0 Å². The van der Waals surface area contributed by atoms with Crippen LogP contribution in [0.15, 0.2) is 53.6 Å². The molecule has 0 fully saturated rings. The number of hydrogen-bond donors (Lipinski definition) is 1. The molecule has 1 heterocycles. The van der Waals surface area contributed by atoms with Gasteiger partial charge < -0.3 is 5.73 Å². The zero-order chi connectivity index (χ0) is 10.9. The van der Waals surface area contributed by atoms with Crippen LogP contribution in [0.3, 0.4) is 0 Å². The topological polar surface area (TPSA) is 65.1 Å². The van der Waals surface area contributed by atoms with Crippen LogP contribution >= 0.6 is 0 Å². The van der Waals surface area contributed by atoms with Crippen LogP contribution in [-0.4, -0.2) is 12.4 Å². The third-order valence-corrected chi connectivity index (χ3v) is 3.76. The average molecular weight is 222 g/mol. The minimum absolute atomic E-state index is 0.207. The first kappa shape index (κ1) is 9.79. The van der Waals surface area contributed by atoms with E-state index in [9.17, 15) is 8.42 Å². The molecule has 2 aromatic rings. The lowest BCUT2D eigenvalue weighted by molar-refractivity contribution is 0.588. The summed E-state index contributed by atoms with van der Waals surface area (Å²) in [6, 6.07) is 11.3. The van der Waals surface area contributed by atoms with E-state index in [1.54, 1.807) is 30.3 Å². The third kappa shape index (κ3) is 1.61. The Morgan fingerprint density at radius 3 is 2.20 bits per heavy atom. The molecule has 2 N–H and O–H groups in total. The van der Waals surface area contributed by atoms with Crippen LogP contribution in [-0.2, 0) is 10.0 Å². The summed E-state index contributed by atoms with van der Waals surface area (Å²) in [7, 11) is -3.53. The number of benzene rings is 1. The molecule has 5 heteroatoms. The van der Waals surface area contributed by atoms with E-state index in [1.807, 2.05) is 0 Å². The second kappa shape index (κ2) is 3.43. The summed E-state index contributed by atoms with van der Waals surface area (Å²) in [5, 5.41) is 0. The Bertz CT molecular complexity index is 558. The molecule has 0 saturated heterocycles. The predicted molar refractivity (Wildman–Crippen MR) is 57.9 cm³/mol. The lowest BCUT2D eigenvalue weighted by Gasteiger charge is -2.06. The number of rotatable bonds is 2. The molecule has 0 unspecified atom stereocenters. The van der Waals surface area contributed by atoms with Crippen LogP contribution in [0.25, 0.3) is 0 Å². The summed E-state index contributed by atoms with van der Waals surface area (Å²) >= 11 is 0. The van der Waals surface area contributed by atoms with Crippen molar-refractivity contribution in [3.8, 4) is 0 Å². The van der Waals surface area contributed by atoms with Gasteiger partial charge in [-0.05, 0) is 24.3 Å². The van der Waals surface area contributed by atoms with Gasteiger partial charge in [0.15, 0.2) is 0 Å². The molecule has 0 spiro atoms. The van der Waals surface area contributed by atoms with Crippen molar-refractivity contribution in [3.05, 3.63) is 48.7 Å². The van der Waals surface area contributed by atoms with Gasteiger partial charge in [0.25, 0.3) is 10.0 Å². The second-order valence-corrected chi connectivity index (χ2v) is 4.86. The van der Waals surface area contributed by atoms with Crippen molar-refractivity contribution >= 4 is 15.8 Å². The summed E-state index contributed by atoms with van der Waals surface area (Å²) in [5.74, 6) is 0.207. The molecular formula is C10H10N2O2S. The highest BCUT2D eigenvalue weighted by Gasteiger charge is 2.16. The van der Waals surface area contributed by atoms with E-state index < -0.39 is 10.0 Å². The molecular weight excluding hydrogens is 212 g/mol. The zero-order valence-electron chi connectivity index (χ0n) is 7.87. The van der Waals surface area contributed by atoms with Gasteiger partial charge in [0.05, 0.1) is 4.90 Å². The fraction of sp³-hybridized carbons (Fsp3) is 0. The highest BCUT2D eigenvalue weighted by molar-refractivity contribution is 7.90. The molecule has 2 rings (SSSR count). The van der Waals surface area contributed by atoms with E-state index in [2.05, 4.69) is 0 Å². The minimum atomic E-state index is -3.53. The lowest BCUT2D eigenvalue weighted by atomic mass is 10.4. The van der Waals surface area contributed by atoms with Crippen molar-refractivity contribution in [3.63, 3.8) is 0 Å². The molecule has 0 aliphatic rings. The minimum Gasteiger partial charge on any atom is -0.384 e. The molecule has 1 aromatic heterocycles. The van der Waals surface area contributed by atoms with Gasteiger partial charge in [0.1, 0.15) is 5.82 Å². The van der Waals surface area contributed by atoms with Gasteiger partial charge in [-0.15, -0.1) is 0 Å². The first-order valence-electron chi connectivity index (χ1n) is 4.36. The molecule has 78 valence electrons. The van der Waals surface area contributed by atoms with Gasteiger partial charge in [0.2, 0.25) is 0 Å². The first-order valence-corrected chi connectivity index (χ1v) is 5.80. The molecule has 0 aliphatic carbocycles.